The summed E-state index contributed by atoms with van der Waals surface area (Å²) in [5, 5.41) is 20.0. The Labute approximate surface area is 104 Å². The zero-order valence-corrected chi connectivity index (χ0v) is 10.2. The molecule has 0 fully saturated rings. The number of amidine groups is 1. The Hall–Kier alpha value is -1.40. The van der Waals surface area contributed by atoms with Crippen LogP contribution < -0.4 is 10.5 Å². The van der Waals surface area contributed by atoms with Gasteiger partial charge in [-0.15, -0.1) is 0 Å². The number of hydrogen-bond acceptors (Lipinski definition) is 5. The van der Waals surface area contributed by atoms with E-state index >= 15 is 0 Å². The molecule has 0 unspecified atom stereocenters. The van der Waals surface area contributed by atoms with Crippen LogP contribution in [0.3, 0.4) is 0 Å². The zero-order valence-electron chi connectivity index (χ0n) is 9.37. The Morgan fingerprint density at radius 3 is 2.59 bits per heavy atom. The van der Waals surface area contributed by atoms with E-state index in [1.54, 1.807) is 36.0 Å². The van der Waals surface area contributed by atoms with E-state index in [-0.39, 0.29) is 12.4 Å². The second-order valence-electron chi connectivity index (χ2n) is 3.19. The fourth-order valence-electron chi connectivity index (χ4n) is 1.16. The minimum Gasteiger partial charge on any atom is -0.493 e. The van der Waals surface area contributed by atoms with Crippen LogP contribution in [0.25, 0.3) is 0 Å². The van der Waals surface area contributed by atoms with Gasteiger partial charge in [0.1, 0.15) is 5.75 Å². The van der Waals surface area contributed by atoms with Crippen molar-refractivity contribution in [2.24, 2.45) is 10.9 Å². The number of aliphatic hydroxyl groups excluding tert-OH is 1. The van der Waals surface area contributed by atoms with Crippen LogP contribution in [0, 0.1) is 0 Å². The fourth-order valence-corrected chi connectivity index (χ4v) is 1.70. The van der Waals surface area contributed by atoms with Gasteiger partial charge in [-0.1, -0.05) is 5.16 Å². The Morgan fingerprint density at radius 2 is 2.00 bits per heavy atom. The van der Waals surface area contributed by atoms with Crippen LogP contribution in [-0.2, 0) is 0 Å². The van der Waals surface area contributed by atoms with Crippen LogP contribution in [0.15, 0.2) is 29.4 Å². The predicted molar refractivity (Wildman–Crippen MR) is 68.9 cm³/mol. The van der Waals surface area contributed by atoms with Crippen molar-refractivity contribution in [3.05, 3.63) is 29.8 Å². The molecule has 17 heavy (non-hydrogen) atoms. The summed E-state index contributed by atoms with van der Waals surface area (Å²) in [6.07, 6.45) is 0. The number of benzene rings is 1. The van der Waals surface area contributed by atoms with Crippen molar-refractivity contribution in [2.45, 2.75) is 0 Å². The lowest BCUT2D eigenvalue weighted by Gasteiger charge is -2.06. The molecule has 0 heterocycles. The maximum atomic E-state index is 8.58. The maximum Gasteiger partial charge on any atom is 0.170 e. The molecule has 4 N–H and O–H groups in total. The smallest absolute Gasteiger partial charge is 0.170 e. The third kappa shape index (κ3) is 4.97. The standard InChI is InChI=1S/C11H16N2O3S/c12-11(13-15)9-1-3-10(4-2-9)16-6-8-17-7-5-14/h1-4,14-15H,5-8H2,(H2,12,13). The molecule has 1 aromatic carbocycles. The highest BCUT2D eigenvalue weighted by Gasteiger charge is 1.99. The van der Waals surface area contributed by atoms with Crippen molar-refractivity contribution in [1.29, 1.82) is 0 Å². The number of thioether (sulfide) groups is 1. The SMILES string of the molecule is N/C(=N/O)c1ccc(OCCSCCO)cc1. The molecule has 0 bridgehead atoms. The number of aliphatic hydroxyl groups is 1. The van der Waals surface area contributed by atoms with Crippen molar-refractivity contribution in [3.63, 3.8) is 0 Å². The monoisotopic (exact) mass is 256 g/mol. The molecule has 0 spiro atoms. The molecular weight excluding hydrogens is 240 g/mol. The molecule has 5 nitrogen and oxygen atoms in total. The van der Waals surface area contributed by atoms with Crippen LogP contribution in [0.1, 0.15) is 5.56 Å². The molecule has 1 aromatic rings. The summed E-state index contributed by atoms with van der Waals surface area (Å²) in [6.45, 7) is 0.784. The fraction of sp³-hybridized carbons (Fsp3) is 0.364. The van der Waals surface area contributed by atoms with E-state index in [1.807, 2.05) is 0 Å². The summed E-state index contributed by atoms with van der Waals surface area (Å²) in [6, 6.07) is 6.99. The Bertz CT molecular complexity index is 354. The second-order valence-corrected chi connectivity index (χ2v) is 4.42. The van der Waals surface area contributed by atoms with Gasteiger partial charge >= 0.3 is 0 Å². The molecule has 0 saturated heterocycles. The Balaban J connectivity index is 2.35. The third-order valence-corrected chi connectivity index (χ3v) is 2.92. The van der Waals surface area contributed by atoms with Gasteiger partial charge < -0.3 is 20.8 Å². The van der Waals surface area contributed by atoms with Crippen molar-refractivity contribution >= 4 is 17.6 Å². The number of nitrogens with zero attached hydrogens (tertiary/aromatic N) is 1. The molecule has 94 valence electrons. The van der Waals surface area contributed by atoms with E-state index in [2.05, 4.69) is 5.16 Å². The van der Waals surface area contributed by atoms with E-state index in [9.17, 15) is 0 Å². The zero-order chi connectivity index (χ0) is 12.5. The summed E-state index contributed by atoms with van der Waals surface area (Å²) < 4.78 is 5.48. The summed E-state index contributed by atoms with van der Waals surface area (Å²) >= 11 is 1.64. The molecule has 0 aliphatic heterocycles. The quantitative estimate of drug-likeness (QED) is 0.222. The molecule has 0 saturated carbocycles. The number of nitrogens with two attached hydrogens (primary N) is 1. The summed E-state index contributed by atoms with van der Waals surface area (Å²) in [4.78, 5) is 0. The van der Waals surface area contributed by atoms with Crippen LogP contribution in [0.5, 0.6) is 5.75 Å². The predicted octanol–water partition coefficient (Wildman–Crippen LogP) is 0.885. The van der Waals surface area contributed by atoms with Gasteiger partial charge in [0.15, 0.2) is 5.84 Å². The van der Waals surface area contributed by atoms with Crippen LogP contribution in [-0.4, -0.2) is 40.9 Å². The molecule has 0 amide bonds. The lowest BCUT2D eigenvalue weighted by atomic mass is 10.2. The highest BCUT2D eigenvalue weighted by atomic mass is 32.2. The molecule has 1 rings (SSSR count). The Morgan fingerprint density at radius 1 is 1.29 bits per heavy atom. The first-order chi connectivity index (χ1) is 8.27. The average Bonchev–Trinajstić information content (AvgIpc) is 2.38. The van der Waals surface area contributed by atoms with E-state index in [0.29, 0.717) is 12.2 Å². The molecule has 0 radical (unpaired) electrons. The number of rotatable bonds is 7. The molecular formula is C11H16N2O3S. The molecule has 0 atom stereocenters. The summed E-state index contributed by atoms with van der Waals surface area (Å²) in [7, 11) is 0. The van der Waals surface area contributed by atoms with Crippen LogP contribution in [0.4, 0.5) is 0 Å². The van der Waals surface area contributed by atoms with Gasteiger partial charge in [-0.3, -0.25) is 0 Å². The topological polar surface area (TPSA) is 88.1 Å². The van der Waals surface area contributed by atoms with Gasteiger partial charge in [-0.25, -0.2) is 0 Å². The minimum atomic E-state index is 0.0788. The van der Waals surface area contributed by atoms with Crippen LogP contribution in [0.2, 0.25) is 0 Å². The van der Waals surface area contributed by atoms with E-state index in [4.69, 9.17) is 20.8 Å². The van der Waals surface area contributed by atoms with Crippen molar-refractivity contribution < 1.29 is 15.1 Å². The van der Waals surface area contributed by atoms with Gasteiger partial charge in [0, 0.05) is 17.1 Å². The van der Waals surface area contributed by atoms with Gasteiger partial charge in [0.05, 0.1) is 13.2 Å². The van der Waals surface area contributed by atoms with E-state index < -0.39 is 0 Å². The largest absolute Gasteiger partial charge is 0.493 e. The average molecular weight is 256 g/mol. The highest BCUT2D eigenvalue weighted by Crippen LogP contribution is 2.12. The van der Waals surface area contributed by atoms with Gasteiger partial charge in [-0.2, -0.15) is 11.8 Å². The van der Waals surface area contributed by atoms with Crippen molar-refractivity contribution in [1.82, 2.24) is 0 Å². The summed E-state index contributed by atoms with van der Waals surface area (Å²) in [5.74, 6) is 2.38. The lowest BCUT2D eigenvalue weighted by Crippen LogP contribution is -2.12. The number of oxime groups is 1. The molecule has 0 aliphatic rings. The number of ether oxygens (including phenoxy) is 1. The highest BCUT2D eigenvalue weighted by molar-refractivity contribution is 7.99. The second kappa shape index (κ2) is 7.81. The first-order valence-electron chi connectivity index (χ1n) is 5.17. The number of hydrogen-bond donors (Lipinski definition) is 3. The molecule has 0 aliphatic carbocycles. The van der Waals surface area contributed by atoms with Crippen molar-refractivity contribution in [3.8, 4) is 5.75 Å². The van der Waals surface area contributed by atoms with Gasteiger partial charge in [0.2, 0.25) is 0 Å². The normalized spacial score (nSPS) is 11.5. The third-order valence-electron chi connectivity index (χ3n) is 1.99. The first kappa shape index (κ1) is 13.7. The van der Waals surface area contributed by atoms with Crippen molar-refractivity contribution in [2.75, 3.05) is 24.7 Å². The maximum absolute atomic E-state index is 8.58. The first-order valence-corrected chi connectivity index (χ1v) is 6.32. The minimum absolute atomic E-state index is 0.0788. The summed E-state index contributed by atoms with van der Waals surface area (Å²) in [5.41, 5.74) is 6.08. The van der Waals surface area contributed by atoms with E-state index in [1.165, 1.54) is 0 Å². The van der Waals surface area contributed by atoms with Crippen LogP contribution >= 0.6 is 11.8 Å². The van der Waals surface area contributed by atoms with Gasteiger partial charge in [-0.05, 0) is 24.3 Å². The Kier molecular flexibility index (Phi) is 6.27. The lowest BCUT2D eigenvalue weighted by molar-refractivity contribution is 0.318. The molecule has 6 heteroatoms. The molecule has 0 aromatic heterocycles. The van der Waals surface area contributed by atoms with Gasteiger partial charge in [0.25, 0.3) is 0 Å². The van der Waals surface area contributed by atoms with E-state index in [0.717, 1.165) is 17.3 Å².